The summed E-state index contributed by atoms with van der Waals surface area (Å²) >= 11 is 0. The quantitative estimate of drug-likeness (QED) is 0.667. The smallest absolute Gasteiger partial charge is 0.339 e. The molecule has 112 valence electrons. The maximum atomic E-state index is 11.9. The van der Waals surface area contributed by atoms with Crippen molar-refractivity contribution in [2.24, 2.45) is 0 Å². The Balaban J connectivity index is 1.82. The van der Waals surface area contributed by atoms with E-state index in [1.54, 1.807) is 0 Å². The van der Waals surface area contributed by atoms with E-state index in [4.69, 9.17) is 0 Å². The van der Waals surface area contributed by atoms with Crippen LogP contribution < -0.4 is 5.32 Å². The highest BCUT2D eigenvalue weighted by molar-refractivity contribution is 5.94. The Bertz CT molecular complexity index is 535. The number of methoxy groups -OCH3 is 1. The van der Waals surface area contributed by atoms with Crippen molar-refractivity contribution in [2.45, 2.75) is 32.1 Å². The second kappa shape index (κ2) is 7.57. The lowest BCUT2D eigenvalue weighted by atomic mass is 9.97. The topological polar surface area (TPSA) is 68.3 Å². The van der Waals surface area contributed by atoms with Crippen molar-refractivity contribution < 1.29 is 14.3 Å². The summed E-state index contributed by atoms with van der Waals surface area (Å²) in [7, 11) is 1.31. The number of nitrogens with one attached hydrogen (secondary N) is 1. The minimum Gasteiger partial charge on any atom is -0.465 e. The molecule has 0 atom stereocenters. The highest BCUT2D eigenvalue weighted by Crippen LogP contribution is 2.19. The van der Waals surface area contributed by atoms with Crippen molar-refractivity contribution in [3.8, 4) is 0 Å². The van der Waals surface area contributed by atoms with Gasteiger partial charge in [0, 0.05) is 12.7 Å². The summed E-state index contributed by atoms with van der Waals surface area (Å²) in [5, 5.41) is 2.85. The minimum atomic E-state index is -0.460. The van der Waals surface area contributed by atoms with Gasteiger partial charge >= 0.3 is 5.97 Å². The number of hydrogen-bond acceptors (Lipinski definition) is 4. The number of nitrogens with zero attached hydrogens (tertiary/aromatic N) is 1. The van der Waals surface area contributed by atoms with E-state index in [2.05, 4.69) is 21.1 Å². The summed E-state index contributed by atoms with van der Waals surface area (Å²) in [6, 6.07) is 3.07. The van der Waals surface area contributed by atoms with Crippen LogP contribution in [0.1, 0.15) is 53.0 Å². The molecule has 0 saturated heterocycles. The SMILES string of the molecule is COC(=O)c1ccc(C(=O)NCCC2=CCCCC2)nc1. The lowest BCUT2D eigenvalue weighted by molar-refractivity contribution is 0.0599. The van der Waals surface area contributed by atoms with Crippen LogP contribution >= 0.6 is 0 Å². The molecule has 1 amide bonds. The first-order valence-electron chi connectivity index (χ1n) is 7.21. The summed E-state index contributed by atoms with van der Waals surface area (Å²) in [5.41, 5.74) is 2.07. The summed E-state index contributed by atoms with van der Waals surface area (Å²) < 4.78 is 4.58. The molecule has 0 unspecified atom stereocenters. The third-order valence-corrected chi connectivity index (χ3v) is 3.53. The molecule has 0 saturated carbocycles. The van der Waals surface area contributed by atoms with E-state index in [-0.39, 0.29) is 5.91 Å². The van der Waals surface area contributed by atoms with Crippen molar-refractivity contribution in [3.05, 3.63) is 41.2 Å². The molecule has 21 heavy (non-hydrogen) atoms. The first kappa shape index (κ1) is 15.2. The Kier molecular flexibility index (Phi) is 5.49. The molecular formula is C16H20N2O3. The fourth-order valence-corrected chi connectivity index (χ4v) is 2.33. The second-order valence-electron chi connectivity index (χ2n) is 5.04. The van der Waals surface area contributed by atoms with E-state index in [0.717, 1.165) is 19.3 Å². The molecule has 5 heteroatoms. The fourth-order valence-electron chi connectivity index (χ4n) is 2.33. The van der Waals surface area contributed by atoms with Crippen molar-refractivity contribution in [3.63, 3.8) is 0 Å². The first-order valence-corrected chi connectivity index (χ1v) is 7.21. The summed E-state index contributed by atoms with van der Waals surface area (Å²) in [6.45, 7) is 0.616. The van der Waals surface area contributed by atoms with Gasteiger partial charge in [0.15, 0.2) is 0 Å². The number of ether oxygens (including phenoxy) is 1. The number of aromatic nitrogens is 1. The van der Waals surface area contributed by atoms with Gasteiger partial charge in [0.25, 0.3) is 5.91 Å². The van der Waals surface area contributed by atoms with Crippen LogP contribution in [0.2, 0.25) is 0 Å². The molecule has 2 rings (SSSR count). The van der Waals surface area contributed by atoms with Crippen LogP contribution in [0, 0.1) is 0 Å². The summed E-state index contributed by atoms with van der Waals surface area (Å²) in [4.78, 5) is 27.2. The van der Waals surface area contributed by atoms with Gasteiger partial charge in [0.2, 0.25) is 0 Å². The number of amides is 1. The zero-order valence-electron chi connectivity index (χ0n) is 12.2. The van der Waals surface area contributed by atoms with E-state index in [0.29, 0.717) is 17.8 Å². The van der Waals surface area contributed by atoms with Crippen molar-refractivity contribution in [1.82, 2.24) is 10.3 Å². The standard InChI is InChI=1S/C16H20N2O3/c1-21-16(20)13-7-8-14(18-11-13)15(19)17-10-9-12-5-3-2-4-6-12/h5,7-8,11H,2-4,6,9-10H2,1H3,(H,17,19). The third-order valence-electron chi connectivity index (χ3n) is 3.53. The molecule has 1 aliphatic carbocycles. The zero-order chi connectivity index (χ0) is 15.1. The molecule has 1 aromatic rings. The van der Waals surface area contributed by atoms with Crippen LogP contribution in [-0.2, 0) is 4.74 Å². The van der Waals surface area contributed by atoms with Gasteiger partial charge in [0.05, 0.1) is 12.7 Å². The molecule has 1 N–H and O–H groups in total. The van der Waals surface area contributed by atoms with E-state index in [9.17, 15) is 9.59 Å². The molecule has 0 fully saturated rings. The Hall–Kier alpha value is -2.17. The van der Waals surface area contributed by atoms with Gasteiger partial charge in [0.1, 0.15) is 5.69 Å². The minimum absolute atomic E-state index is 0.220. The predicted octanol–water partition coefficient (Wildman–Crippen LogP) is 2.49. The monoisotopic (exact) mass is 288 g/mol. The normalized spacial score (nSPS) is 14.2. The number of allylic oxidation sites excluding steroid dienone is 1. The molecule has 0 aliphatic heterocycles. The maximum absolute atomic E-state index is 11.9. The zero-order valence-corrected chi connectivity index (χ0v) is 12.2. The Labute approximate surface area is 124 Å². The number of esters is 1. The van der Waals surface area contributed by atoms with Crippen molar-refractivity contribution in [2.75, 3.05) is 13.7 Å². The molecule has 1 aromatic heterocycles. The maximum Gasteiger partial charge on any atom is 0.339 e. The number of rotatable bonds is 5. The van der Waals surface area contributed by atoms with Crippen LogP contribution in [-0.4, -0.2) is 30.5 Å². The summed E-state index contributed by atoms with van der Waals surface area (Å²) in [5.74, 6) is -0.679. The van der Waals surface area contributed by atoms with Crippen molar-refractivity contribution >= 4 is 11.9 Å². The molecule has 1 heterocycles. The lowest BCUT2D eigenvalue weighted by Crippen LogP contribution is -2.25. The number of pyridine rings is 1. The highest BCUT2D eigenvalue weighted by atomic mass is 16.5. The molecule has 0 aromatic carbocycles. The predicted molar refractivity (Wildman–Crippen MR) is 79.1 cm³/mol. The highest BCUT2D eigenvalue weighted by Gasteiger charge is 2.10. The molecule has 5 nitrogen and oxygen atoms in total. The van der Waals surface area contributed by atoms with Gasteiger partial charge in [-0.05, 0) is 44.2 Å². The fraction of sp³-hybridized carbons (Fsp3) is 0.438. The van der Waals surface area contributed by atoms with Crippen LogP contribution in [0.3, 0.4) is 0 Å². The summed E-state index contributed by atoms with van der Waals surface area (Å²) in [6.07, 6.45) is 9.33. The number of carbonyl (C=O) groups excluding carboxylic acids is 2. The third kappa shape index (κ3) is 4.41. The van der Waals surface area contributed by atoms with Gasteiger partial charge in [-0.1, -0.05) is 11.6 Å². The average Bonchev–Trinajstić information content (AvgIpc) is 2.55. The van der Waals surface area contributed by atoms with Gasteiger partial charge in [-0.25, -0.2) is 4.79 Å². The van der Waals surface area contributed by atoms with Crippen LogP contribution in [0.15, 0.2) is 30.0 Å². The Morgan fingerprint density at radius 1 is 1.33 bits per heavy atom. The van der Waals surface area contributed by atoms with Crippen LogP contribution in [0.25, 0.3) is 0 Å². The molecule has 1 aliphatic rings. The lowest BCUT2D eigenvalue weighted by Gasteiger charge is -2.12. The van der Waals surface area contributed by atoms with E-state index in [1.165, 1.54) is 43.9 Å². The van der Waals surface area contributed by atoms with E-state index < -0.39 is 5.97 Å². The van der Waals surface area contributed by atoms with Crippen molar-refractivity contribution in [1.29, 1.82) is 0 Å². The average molecular weight is 288 g/mol. The molecule has 0 bridgehead atoms. The second-order valence-corrected chi connectivity index (χ2v) is 5.04. The number of carbonyl (C=O) groups is 2. The van der Waals surface area contributed by atoms with Gasteiger partial charge in [-0.2, -0.15) is 0 Å². The first-order chi connectivity index (χ1) is 10.2. The Morgan fingerprint density at radius 3 is 2.81 bits per heavy atom. The molecular weight excluding hydrogens is 268 g/mol. The van der Waals surface area contributed by atoms with Crippen LogP contribution in [0.4, 0.5) is 0 Å². The van der Waals surface area contributed by atoms with Gasteiger partial charge < -0.3 is 10.1 Å². The Morgan fingerprint density at radius 2 is 2.19 bits per heavy atom. The van der Waals surface area contributed by atoms with E-state index >= 15 is 0 Å². The number of hydrogen-bond donors (Lipinski definition) is 1. The van der Waals surface area contributed by atoms with Gasteiger partial charge in [-0.3, -0.25) is 9.78 Å². The molecule has 0 radical (unpaired) electrons. The van der Waals surface area contributed by atoms with E-state index in [1.807, 2.05) is 0 Å². The largest absolute Gasteiger partial charge is 0.465 e. The molecule has 0 spiro atoms. The van der Waals surface area contributed by atoms with Crippen LogP contribution in [0.5, 0.6) is 0 Å². The van der Waals surface area contributed by atoms with Gasteiger partial charge in [-0.15, -0.1) is 0 Å².